The summed E-state index contributed by atoms with van der Waals surface area (Å²) in [7, 11) is 0. The highest BCUT2D eigenvalue weighted by molar-refractivity contribution is 5.85. The average Bonchev–Trinajstić information content (AvgIpc) is 3.12. The van der Waals surface area contributed by atoms with E-state index in [1.807, 2.05) is 24.4 Å². The summed E-state index contributed by atoms with van der Waals surface area (Å²) in [5, 5.41) is 23.7. The van der Waals surface area contributed by atoms with E-state index >= 15 is 0 Å². The fourth-order valence-electron chi connectivity index (χ4n) is 3.17. The zero-order valence-corrected chi connectivity index (χ0v) is 17.4. The highest BCUT2D eigenvalue weighted by atomic mass is 16.5. The number of ether oxygens (including phenoxy) is 1. The Bertz CT molecular complexity index is 1010. The molecule has 0 aliphatic rings. The van der Waals surface area contributed by atoms with Gasteiger partial charge in [-0.2, -0.15) is 10.4 Å². The first-order valence-corrected chi connectivity index (χ1v) is 9.84. The summed E-state index contributed by atoms with van der Waals surface area (Å²) >= 11 is 0. The third-order valence-electron chi connectivity index (χ3n) is 4.56. The predicted molar refractivity (Wildman–Crippen MR) is 113 cm³/mol. The van der Waals surface area contributed by atoms with Gasteiger partial charge in [0.2, 0.25) is 0 Å². The number of aliphatic hydroxyl groups is 1. The number of anilines is 1. The lowest BCUT2D eigenvalue weighted by Gasteiger charge is -2.21. The molecular weight excluding hydrogens is 366 g/mol. The molecule has 152 valence electrons. The Hall–Kier alpha value is -3.11. The second-order valence-corrected chi connectivity index (χ2v) is 7.64. The van der Waals surface area contributed by atoms with Gasteiger partial charge >= 0.3 is 0 Å². The van der Waals surface area contributed by atoms with Crippen LogP contribution in [-0.4, -0.2) is 45.0 Å². The lowest BCUT2D eigenvalue weighted by atomic mass is 10.1. The molecule has 7 heteroatoms. The SMILES string of the molecule is CCCN(CC)c1ccc(-c2cc(OCC(C)(C)O)cn3ncc(C#N)c23)cn1. The predicted octanol–water partition coefficient (Wildman–Crippen LogP) is 3.65. The lowest BCUT2D eigenvalue weighted by Crippen LogP contribution is -2.27. The van der Waals surface area contributed by atoms with E-state index in [2.05, 4.69) is 34.9 Å². The van der Waals surface area contributed by atoms with Crippen molar-refractivity contribution >= 4 is 11.3 Å². The summed E-state index contributed by atoms with van der Waals surface area (Å²) in [6, 6.07) is 8.07. The molecule has 3 heterocycles. The van der Waals surface area contributed by atoms with Gasteiger partial charge in [-0.15, -0.1) is 0 Å². The van der Waals surface area contributed by atoms with Crippen molar-refractivity contribution < 1.29 is 9.84 Å². The van der Waals surface area contributed by atoms with Crippen LogP contribution in [0.5, 0.6) is 5.75 Å². The number of hydrogen-bond donors (Lipinski definition) is 1. The smallest absolute Gasteiger partial charge is 0.138 e. The summed E-state index contributed by atoms with van der Waals surface area (Å²) in [6.45, 7) is 9.63. The van der Waals surface area contributed by atoms with E-state index in [9.17, 15) is 10.4 Å². The second kappa shape index (κ2) is 8.50. The van der Waals surface area contributed by atoms with E-state index in [4.69, 9.17) is 4.74 Å². The van der Waals surface area contributed by atoms with Gasteiger partial charge in [-0.25, -0.2) is 9.50 Å². The van der Waals surface area contributed by atoms with Crippen LogP contribution in [0.2, 0.25) is 0 Å². The molecule has 0 aromatic carbocycles. The standard InChI is InChI=1S/C22H27N5O2/c1-5-9-26(6-2)20-8-7-16(12-24-20)19-10-18(29-15-22(3,4)28)14-27-21(19)17(11-23)13-25-27/h7-8,10,12-14,28H,5-6,9,15H2,1-4H3. The number of fused-ring (bicyclic) bond motifs is 1. The minimum absolute atomic E-state index is 0.143. The van der Waals surface area contributed by atoms with Gasteiger partial charge in [0.25, 0.3) is 0 Å². The summed E-state index contributed by atoms with van der Waals surface area (Å²) in [4.78, 5) is 6.86. The Balaban J connectivity index is 2.04. The van der Waals surface area contributed by atoms with Crippen LogP contribution in [0.25, 0.3) is 16.6 Å². The van der Waals surface area contributed by atoms with E-state index < -0.39 is 5.60 Å². The van der Waals surface area contributed by atoms with Crippen LogP contribution in [0, 0.1) is 11.3 Å². The van der Waals surface area contributed by atoms with Gasteiger partial charge in [0, 0.05) is 30.4 Å². The van der Waals surface area contributed by atoms with E-state index in [0.29, 0.717) is 16.8 Å². The van der Waals surface area contributed by atoms with Gasteiger partial charge < -0.3 is 14.7 Å². The van der Waals surface area contributed by atoms with E-state index in [0.717, 1.165) is 36.5 Å². The molecule has 3 aromatic rings. The molecule has 0 aliphatic carbocycles. The number of rotatable bonds is 8. The second-order valence-electron chi connectivity index (χ2n) is 7.64. The first kappa shape index (κ1) is 20.6. The summed E-state index contributed by atoms with van der Waals surface area (Å²) in [5.41, 5.74) is 1.92. The van der Waals surface area contributed by atoms with Gasteiger partial charge in [0.1, 0.15) is 24.2 Å². The quantitative estimate of drug-likeness (QED) is 0.629. The van der Waals surface area contributed by atoms with Gasteiger partial charge in [0.05, 0.1) is 29.1 Å². The molecule has 3 aromatic heterocycles. The zero-order chi connectivity index (χ0) is 21.0. The fourth-order valence-corrected chi connectivity index (χ4v) is 3.17. The summed E-state index contributed by atoms with van der Waals surface area (Å²) in [5.74, 6) is 1.49. The van der Waals surface area contributed by atoms with E-state index in [1.54, 1.807) is 30.8 Å². The molecule has 1 N–H and O–H groups in total. The van der Waals surface area contributed by atoms with Crippen LogP contribution in [0.4, 0.5) is 5.82 Å². The largest absolute Gasteiger partial charge is 0.489 e. The maximum absolute atomic E-state index is 9.97. The fraction of sp³-hybridized carbons (Fsp3) is 0.409. The molecule has 0 radical (unpaired) electrons. The average molecular weight is 393 g/mol. The molecule has 0 bridgehead atoms. The minimum atomic E-state index is -0.955. The zero-order valence-electron chi connectivity index (χ0n) is 17.4. The Morgan fingerprint density at radius 1 is 1.28 bits per heavy atom. The molecule has 0 fully saturated rings. The van der Waals surface area contributed by atoms with Crippen LogP contribution >= 0.6 is 0 Å². The molecule has 0 atom stereocenters. The Morgan fingerprint density at radius 2 is 2.07 bits per heavy atom. The molecule has 0 amide bonds. The van der Waals surface area contributed by atoms with Crippen LogP contribution in [0.15, 0.2) is 36.8 Å². The summed E-state index contributed by atoms with van der Waals surface area (Å²) in [6.07, 6.45) is 6.13. The van der Waals surface area contributed by atoms with Crippen molar-refractivity contribution in [2.75, 3.05) is 24.6 Å². The van der Waals surface area contributed by atoms with Gasteiger partial charge in [0.15, 0.2) is 0 Å². The van der Waals surface area contributed by atoms with Crippen molar-refractivity contribution in [1.82, 2.24) is 14.6 Å². The molecule has 0 saturated heterocycles. The van der Waals surface area contributed by atoms with Gasteiger partial charge in [-0.3, -0.25) is 0 Å². The van der Waals surface area contributed by atoms with Crippen LogP contribution in [0.3, 0.4) is 0 Å². The normalized spacial score (nSPS) is 11.4. The van der Waals surface area contributed by atoms with Crippen LogP contribution in [0.1, 0.15) is 39.7 Å². The maximum Gasteiger partial charge on any atom is 0.138 e. The maximum atomic E-state index is 9.97. The van der Waals surface area contributed by atoms with Crippen LogP contribution in [-0.2, 0) is 0 Å². The first-order valence-electron chi connectivity index (χ1n) is 9.84. The number of nitrogens with zero attached hydrogens (tertiary/aromatic N) is 5. The van der Waals surface area contributed by atoms with Gasteiger partial charge in [-0.1, -0.05) is 6.92 Å². The molecule has 3 rings (SSSR count). The Kier molecular flexibility index (Phi) is 6.04. The molecule has 0 spiro atoms. The van der Waals surface area contributed by atoms with Crippen molar-refractivity contribution in [3.8, 4) is 22.9 Å². The van der Waals surface area contributed by atoms with Crippen molar-refractivity contribution in [3.63, 3.8) is 0 Å². The molecule has 0 unspecified atom stereocenters. The van der Waals surface area contributed by atoms with Crippen molar-refractivity contribution in [3.05, 3.63) is 42.4 Å². The molecule has 0 saturated carbocycles. The highest BCUT2D eigenvalue weighted by Gasteiger charge is 2.17. The van der Waals surface area contributed by atoms with Crippen molar-refractivity contribution in [1.29, 1.82) is 5.26 Å². The molecule has 0 aliphatic heterocycles. The number of nitriles is 1. The summed E-state index contributed by atoms with van der Waals surface area (Å²) < 4.78 is 7.41. The van der Waals surface area contributed by atoms with E-state index in [1.165, 1.54) is 0 Å². The lowest BCUT2D eigenvalue weighted by molar-refractivity contribution is 0.0283. The highest BCUT2D eigenvalue weighted by Crippen LogP contribution is 2.31. The minimum Gasteiger partial charge on any atom is -0.489 e. The third-order valence-corrected chi connectivity index (χ3v) is 4.56. The Labute approximate surface area is 171 Å². The number of hydrogen-bond acceptors (Lipinski definition) is 6. The van der Waals surface area contributed by atoms with E-state index in [-0.39, 0.29) is 6.61 Å². The topological polar surface area (TPSA) is 86.7 Å². The molecule has 7 nitrogen and oxygen atoms in total. The van der Waals surface area contributed by atoms with Crippen molar-refractivity contribution in [2.45, 2.75) is 39.7 Å². The number of pyridine rings is 2. The van der Waals surface area contributed by atoms with Gasteiger partial charge in [-0.05, 0) is 45.4 Å². The first-order chi connectivity index (χ1) is 13.9. The molecular formula is C22H27N5O2. The molecule has 29 heavy (non-hydrogen) atoms. The van der Waals surface area contributed by atoms with Crippen molar-refractivity contribution in [2.24, 2.45) is 0 Å². The Morgan fingerprint density at radius 3 is 2.66 bits per heavy atom. The third kappa shape index (κ3) is 4.66. The number of aromatic nitrogens is 3. The monoisotopic (exact) mass is 393 g/mol. The van der Waals surface area contributed by atoms with Crippen LogP contribution < -0.4 is 9.64 Å².